The number of benzene rings is 2. The Hall–Kier alpha value is -2.04. The molecule has 2 fully saturated rings. The molecule has 1 aliphatic carbocycles. The number of nitrogens with zero attached hydrogens (tertiary/aromatic N) is 1. The van der Waals surface area contributed by atoms with E-state index in [2.05, 4.69) is 47.4 Å². The number of methoxy groups -OCH3 is 2. The number of hydrogen-bond acceptors (Lipinski definition) is 4. The molecule has 2 aromatic carbocycles. The quantitative estimate of drug-likeness (QED) is 0.876. The minimum absolute atomic E-state index is 0.157. The van der Waals surface area contributed by atoms with Crippen molar-refractivity contribution in [3.63, 3.8) is 0 Å². The van der Waals surface area contributed by atoms with Gasteiger partial charge in [0.15, 0.2) is 11.5 Å². The fraction of sp³-hybridized carbons (Fsp3) is 0.478. The van der Waals surface area contributed by atoms with E-state index in [1.54, 1.807) is 14.2 Å². The summed E-state index contributed by atoms with van der Waals surface area (Å²) in [5.74, 6) is 1.61. The molecule has 144 valence electrons. The topological polar surface area (TPSA) is 47.7 Å². The van der Waals surface area contributed by atoms with Crippen molar-refractivity contribution in [3.8, 4) is 11.5 Å². The van der Waals surface area contributed by atoms with Crippen LogP contribution < -0.4 is 15.2 Å². The molecule has 4 heteroatoms. The summed E-state index contributed by atoms with van der Waals surface area (Å²) in [4.78, 5) is 2.64. The van der Waals surface area contributed by atoms with E-state index in [1.165, 1.54) is 17.5 Å². The van der Waals surface area contributed by atoms with Crippen molar-refractivity contribution in [1.29, 1.82) is 0 Å². The monoisotopic (exact) mass is 366 g/mol. The number of rotatable bonds is 5. The molecule has 1 saturated carbocycles. The molecule has 3 atom stereocenters. The lowest BCUT2D eigenvalue weighted by Gasteiger charge is -2.44. The molecule has 1 heterocycles. The van der Waals surface area contributed by atoms with Crippen molar-refractivity contribution >= 4 is 0 Å². The lowest BCUT2D eigenvalue weighted by atomic mass is 9.65. The van der Waals surface area contributed by atoms with Crippen LogP contribution in [-0.2, 0) is 12.0 Å². The molecule has 27 heavy (non-hydrogen) atoms. The van der Waals surface area contributed by atoms with Gasteiger partial charge < -0.3 is 15.2 Å². The molecule has 0 bridgehead atoms. The maximum absolute atomic E-state index is 6.41. The minimum Gasteiger partial charge on any atom is -0.493 e. The van der Waals surface area contributed by atoms with E-state index in [0.717, 1.165) is 43.9 Å². The van der Waals surface area contributed by atoms with Gasteiger partial charge in [-0.3, -0.25) is 4.90 Å². The first kappa shape index (κ1) is 18.3. The molecule has 0 spiro atoms. The number of nitrogens with two attached hydrogens (primary N) is 1. The van der Waals surface area contributed by atoms with Crippen LogP contribution in [0.3, 0.4) is 0 Å². The minimum atomic E-state index is 0.157. The van der Waals surface area contributed by atoms with Crippen molar-refractivity contribution in [1.82, 2.24) is 4.90 Å². The number of likely N-dealkylation sites (tertiary alicyclic amines) is 1. The van der Waals surface area contributed by atoms with Crippen molar-refractivity contribution in [2.24, 2.45) is 5.73 Å². The summed E-state index contributed by atoms with van der Waals surface area (Å²) in [6.45, 7) is 2.11. The SMILES string of the molecule is COc1ccc(C23CCC(N)C[C@@H]2N(Cc2ccccc2)CC3)cc1OC. The third-order valence-corrected chi connectivity index (χ3v) is 6.60. The molecule has 1 aliphatic heterocycles. The molecule has 2 unspecified atom stereocenters. The van der Waals surface area contributed by atoms with Gasteiger partial charge in [0, 0.05) is 24.0 Å². The molecular formula is C23H30N2O2. The Morgan fingerprint density at radius 3 is 2.56 bits per heavy atom. The number of hydrogen-bond donors (Lipinski definition) is 1. The fourth-order valence-electron chi connectivity index (χ4n) is 5.16. The summed E-state index contributed by atoms with van der Waals surface area (Å²) in [5, 5.41) is 0. The van der Waals surface area contributed by atoms with Crippen LogP contribution in [0.1, 0.15) is 36.8 Å². The van der Waals surface area contributed by atoms with Crippen LogP contribution in [0.15, 0.2) is 48.5 Å². The number of ether oxygens (including phenoxy) is 2. The summed E-state index contributed by atoms with van der Waals surface area (Å²) in [6, 6.07) is 18.0. The largest absolute Gasteiger partial charge is 0.493 e. The molecule has 4 nitrogen and oxygen atoms in total. The Bertz CT molecular complexity index is 779. The van der Waals surface area contributed by atoms with E-state index < -0.39 is 0 Å². The van der Waals surface area contributed by atoms with Gasteiger partial charge in [0.2, 0.25) is 0 Å². The van der Waals surface area contributed by atoms with Gasteiger partial charge in [0.25, 0.3) is 0 Å². The van der Waals surface area contributed by atoms with E-state index in [-0.39, 0.29) is 5.41 Å². The maximum Gasteiger partial charge on any atom is 0.161 e. The van der Waals surface area contributed by atoms with Gasteiger partial charge in [-0.15, -0.1) is 0 Å². The molecule has 2 aliphatic rings. The summed E-state index contributed by atoms with van der Waals surface area (Å²) in [7, 11) is 3.40. The van der Waals surface area contributed by atoms with Crippen molar-refractivity contribution in [3.05, 3.63) is 59.7 Å². The third kappa shape index (κ3) is 3.32. The van der Waals surface area contributed by atoms with Gasteiger partial charge in [0.05, 0.1) is 14.2 Å². The zero-order valence-corrected chi connectivity index (χ0v) is 16.4. The normalized spacial score (nSPS) is 28.0. The van der Waals surface area contributed by atoms with Crippen molar-refractivity contribution in [2.45, 2.75) is 49.7 Å². The second-order valence-electron chi connectivity index (χ2n) is 7.98. The predicted octanol–water partition coefficient (Wildman–Crippen LogP) is 3.73. The van der Waals surface area contributed by atoms with Gasteiger partial charge in [-0.2, -0.15) is 0 Å². The Morgan fingerprint density at radius 2 is 1.81 bits per heavy atom. The third-order valence-electron chi connectivity index (χ3n) is 6.60. The molecule has 2 N–H and O–H groups in total. The maximum atomic E-state index is 6.41. The molecule has 4 rings (SSSR count). The summed E-state index contributed by atoms with van der Waals surface area (Å²) in [5.41, 5.74) is 9.31. The van der Waals surface area contributed by atoms with Crippen LogP contribution in [0.5, 0.6) is 11.5 Å². The molecule has 0 radical (unpaired) electrons. The van der Waals surface area contributed by atoms with Crippen LogP contribution in [-0.4, -0.2) is 37.7 Å². The average Bonchev–Trinajstić information content (AvgIpc) is 3.07. The first-order valence-electron chi connectivity index (χ1n) is 9.92. The van der Waals surface area contributed by atoms with E-state index in [0.29, 0.717) is 12.1 Å². The highest BCUT2D eigenvalue weighted by molar-refractivity contribution is 5.46. The Morgan fingerprint density at radius 1 is 1.04 bits per heavy atom. The van der Waals surface area contributed by atoms with Crippen LogP contribution in [0.25, 0.3) is 0 Å². The highest BCUT2D eigenvalue weighted by Crippen LogP contribution is 2.50. The Balaban J connectivity index is 1.67. The first-order chi connectivity index (χ1) is 13.2. The van der Waals surface area contributed by atoms with Gasteiger partial charge in [-0.1, -0.05) is 36.4 Å². The first-order valence-corrected chi connectivity index (χ1v) is 9.92. The van der Waals surface area contributed by atoms with Crippen LogP contribution >= 0.6 is 0 Å². The van der Waals surface area contributed by atoms with Gasteiger partial charge in [-0.25, -0.2) is 0 Å². The predicted molar refractivity (Wildman–Crippen MR) is 108 cm³/mol. The van der Waals surface area contributed by atoms with E-state index in [9.17, 15) is 0 Å². The van der Waals surface area contributed by atoms with Crippen molar-refractivity contribution < 1.29 is 9.47 Å². The average molecular weight is 367 g/mol. The fourth-order valence-corrected chi connectivity index (χ4v) is 5.16. The number of fused-ring (bicyclic) bond motifs is 1. The lowest BCUT2D eigenvalue weighted by molar-refractivity contribution is 0.139. The molecular weight excluding hydrogens is 336 g/mol. The highest BCUT2D eigenvalue weighted by atomic mass is 16.5. The smallest absolute Gasteiger partial charge is 0.161 e. The van der Waals surface area contributed by atoms with Crippen LogP contribution in [0.4, 0.5) is 0 Å². The standard InChI is InChI=1S/C23H30N2O2/c1-26-20-9-8-18(14-21(20)27-2)23-11-10-19(24)15-22(23)25(13-12-23)16-17-6-4-3-5-7-17/h3-9,14,19,22H,10-13,15-16,24H2,1-2H3/t19?,22-,23?/m0/s1. The summed E-state index contributed by atoms with van der Waals surface area (Å²) >= 11 is 0. The van der Waals surface area contributed by atoms with Crippen LogP contribution in [0.2, 0.25) is 0 Å². The Kier molecular flexibility index (Phi) is 5.11. The second-order valence-corrected chi connectivity index (χ2v) is 7.98. The lowest BCUT2D eigenvalue weighted by Crippen LogP contribution is -2.50. The van der Waals surface area contributed by atoms with Gasteiger partial charge in [0.1, 0.15) is 0 Å². The highest BCUT2D eigenvalue weighted by Gasteiger charge is 2.51. The molecule has 0 amide bonds. The van der Waals surface area contributed by atoms with E-state index in [4.69, 9.17) is 15.2 Å². The van der Waals surface area contributed by atoms with Crippen molar-refractivity contribution in [2.75, 3.05) is 20.8 Å². The summed E-state index contributed by atoms with van der Waals surface area (Å²) in [6.07, 6.45) is 4.46. The second kappa shape index (κ2) is 7.53. The van der Waals surface area contributed by atoms with Crippen LogP contribution in [0, 0.1) is 0 Å². The molecule has 1 saturated heterocycles. The molecule has 0 aromatic heterocycles. The van der Waals surface area contributed by atoms with E-state index in [1.807, 2.05) is 6.07 Å². The van der Waals surface area contributed by atoms with E-state index >= 15 is 0 Å². The van der Waals surface area contributed by atoms with Gasteiger partial charge in [-0.05, 0) is 55.5 Å². The zero-order chi connectivity index (χ0) is 18.9. The van der Waals surface area contributed by atoms with Gasteiger partial charge >= 0.3 is 0 Å². The molecule has 2 aromatic rings. The Labute approximate surface area is 162 Å². The zero-order valence-electron chi connectivity index (χ0n) is 16.4. The summed E-state index contributed by atoms with van der Waals surface area (Å²) < 4.78 is 11.0.